The predicted octanol–water partition coefficient (Wildman–Crippen LogP) is 2.77. The summed E-state index contributed by atoms with van der Waals surface area (Å²) in [6.07, 6.45) is 8.97. The molecule has 0 unspecified atom stereocenters. The van der Waals surface area contributed by atoms with Crippen molar-refractivity contribution in [2.75, 3.05) is 7.11 Å². The Morgan fingerprint density at radius 1 is 1.40 bits per heavy atom. The molecule has 1 aliphatic rings. The van der Waals surface area contributed by atoms with Crippen molar-refractivity contribution in [2.24, 2.45) is 0 Å². The number of halogens is 1. The summed E-state index contributed by atoms with van der Waals surface area (Å²) in [4.78, 5) is 16.0. The Morgan fingerprint density at radius 3 is 2.96 bits per heavy atom. The molecule has 1 aromatic carbocycles. The van der Waals surface area contributed by atoms with Crippen molar-refractivity contribution < 1.29 is 13.9 Å². The highest BCUT2D eigenvalue weighted by Gasteiger charge is 2.26. The van der Waals surface area contributed by atoms with Crippen LogP contribution in [0.25, 0.3) is 5.69 Å². The van der Waals surface area contributed by atoms with Crippen molar-refractivity contribution in [2.45, 2.75) is 44.4 Å². The molecular formula is C18H23FN4O2. The SMILES string of the molecule is CO[C@H]1CCCC[C@H]1NC(=O)NCc1ccc(-n2ccnc2)c(F)c1. The molecule has 2 atom stereocenters. The number of amides is 2. The molecule has 0 aliphatic heterocycles. The van der Waals surface area contributed by atoms with E-state index in [-0.39, 0.29) is 30.5 Å². The van der Waals surface area contributed by atoms with Gasteiger partial charge < -0.3 is 19.9 Å². The Balaban J connectivity index is 1.54. The van der Waals surface area contributed by atoms with E-state index >= 15 is 0 Å². The van der Waals surface area contributed by atoms with Gasteiger partial charge in [0.2, 0.25) is 0 Å². The summed E-state index contributed by atoms with van der Waals surface area (Å²) in [6, 6.07) is 4.66. The van der Waals surface area contributed by atoms with E-state index in [0.29, 0.717) is 11.3 Å². The molecule has 2 N–H and O–H groups in total. The van der Waals surface area contributed by atoms with Crippen LogP contribution in [-0.2, 0) is 11.3 Å². The number of hydrogen-bond donors (Lipinski definition) is 2. The van der Waals surface area contributed by atoms with Crippen LogP contribution in [0.5, 0.6) is 0 Å². The van der Waals surface area contributed by atoms with Crippen LogP contribution in [0.3, 0.4) is 0 Å². The molecule has 7 heteroatoms. The minimum absolute atomic E-state index is 0.0269. The number of carbonyl (C=O) groups excluding carboxylic acids is 1. The molecule has 2 aromatic rings. The average molecular weight is 346 g/mol. The second kappa shape index (κ2) is 8.11. The second-order valence-electron chi connectivity index (χ2n) is 6.25. The lowest BCUT2D eigenvalue weighted by molar-refractivity contribution is 0.0452. The predicted molar refractivity (Wildman–Crippen MR) is 91.9 cm³/mol. The maximum Gasteiger partial charge on any atom is 0.315 e. The van der Waals surface area contributed by atoms with Gasteiger partial charge in [-0.3, -0.25) is 0 Å². The lowest BCUT2D eigenvalue weighted by Gasteiger charge is -2.31. The Labute approximate surface area is 146 Å². The Morgan fingerprint density at radius 2 is 2.24 bits per heavy atom. The summed E-state index contributed by atoms with van der Waals surface area (Å²) < 4.78 is 21.3. The van der Waals surface area contributed by atoms with Crippen LogP contribution in [0.2, 0.25) is 0 Å². The summed E-state index contributed by atoms with van der Waals surface area (Å²) in [5, 5.41) is 5.74. The monoisotopic (exact) mass is 346 g/mol. The molecule has 25 heavy (non-hydrogen) atoms. The number of rotatable bonds is 5. The number of aromatic nitrogens is 2. The van der Waals surface area contributed by atoms with Gasteiger partial charge in [-0.15, -0.1) is 0 Å². The highest BCUT2D eigenvalue weighted by atomic mass is 19.1. The number of nitrogens with one attached hydrogen (secondary N) is 2. The highest BCUT2D eigenvalue weighted by Crippen LogP contribution is 2.20. The second-order valence-corrected chi connectivity index (χ2v) is 6.25. The van der Waals surface area contributed by atoms with Crippen LogP contribution in [0.15, 0.2) is 36.9 Å². The first kappa shape index (κ1) is 17.4. The number of urea groups is 1. The third kappa shape index (κ3) is 4.36. The molecule has 0 radical (unpaired) electrons. The van der Waals surface area contributed by atoms with Crippen molar-refractivity contribution in [3.05, 3.63) is 48.3 Å². The summed E-state index contributed by atoms with van der Waals surface area (Å²) >= 11 is 0. The maximum absolute atomic E-state index is 14.2. The lowest BCUT2D eigenvalue weighted by atomic mass is 9.92. The molecule has 0 bridgehead atoms. The number of carbonyl (C=O) groups is 1. The molecule has 2 amide bonds. The van der Waals surface area contributed by atoms with E-state index in [1.165, 1.54) is 6.07 Å². The molecule has 1 heterocycles. The van der Waals surface area contributed by atoms with Gasteiger partial charge in [-0.2, -0.15) is 0 Å². The largest absolute Gasteiger partial charge is 0.379 e. The smallest absolute Gasteiger partial charge is 0.315 e. The van der Waals surface area contributed by atoms with Crippen LogP contribution in [0.1, 0.15) is 31.2 Å². The number of ether oxygens (including phenoxy) is 1. The molecule has 134 valence electrons. The lowest BCUT2D eigenvalue weighted by Crippen LogP contribution is -2.49. The Hall–Kier alpha value is -2.41. The van der Waals surface area contributed by atoms with E-state index in [4.69, 9.17) is 4.74 Å². The van der Waals surface area contributed by atoms with Gasteiger partial charge in [0.15, 0.2) is 0 Å². The molecule has 0 saturated heterocycles. The van der Waals surface area contributed by atoms with Crippen molar-refractivity contribution in [1.29, 1.82) is 0 Å². The number of benzene rings is 1. The number of nitrogens with zero attached hydrogens (tertiary/aromatic N) is 2. The first-order valence-corrected chi connectivity index (χ1v) is 8.51. The summed E-state index contributed by atoms with van der Waals surface area (Å²) in [7, 11) is 1.67. The summed E-state index contributed by atoms with van der Waals surface area (Å²) in [5.74, 6) is -0.357. The molecule has 0 spiro atoms. The van der Waals surface area contributed by atoms with E-state index < -0.39 is 0 Å². The van der Waals surface area contributed by atoms with Gasteiger partial charge in [0.1, 0.15) is 5.82 Å². The van der Waals surface area contributed by atoms with Crippen LogP contribution in [-0.4, -0.2) is 34.8 Å². The molecular weight excluding hydrogens is 323 g/mol. The normalized spacial score (nSPS) is 20.2. The maximum atomic E-state index is 14.2. The van der Waals surface area contributed by atoms with Crippen molar-refractivity contribution in [3.8, 4) is 5.69 Å². The van der Waals surface area contributed by atoms with E-state index in [1.54, 1.807) is 42.5 Å². The van der Waals surface area contributed by atoms with E-state index in [2.05, 4.69) is 15.6 Å². The molecule has 3 rings (SSSR count). The number of methoxy groups -OCH3 is 1. The molecule has 1 aromatic heterocycles. The third-order valence-corrected chi connectivity index (χ3v) is 4.57. The van der Waals surface area contributed by atoms with Crippen LogP contribution < -0.4 is 10.6 Å². The van der Waals surface area contributed by atoms with Gasteiger partial charge in [0, 0.05) is 26.0 Å². The van der Waals surface area contributed by atoms with Crippen molar-refractivity contribution in [1.82, 2.24) is 20.2 Å². The fraction of sp³-hybridized carbons (Fsp3) is 0.444. The van der Waals surface area contributed by atoms with Crippen LogP contribution in [0.4, 0.5) is 9.18 Å². The van der Waals surface area contributed by atoms with E-state index in [0.717, 1.165) is 25.7 Å². The standard InChI is InChI=1S/C18H23FN4O2/c1-25-17-5-3-2-4-15(17)22-18(24)21-11-13-6-7-16(14(19)10-13)23-9-8-20-12-23/h6-10,12,15,17H,2-5,11H2,1H3,(H2,21,22,24)/t15-,17+/m1/s1. The van der Waals surface area contributed by atoms with Gasteiger partial charge >= 0.3 is 6.03 Å². The summed E-state index contributed by atoms with van der Waals surface area (Å²) in [5.41, 5.74) is 1.12. The Bertz CT molecular complexity index is 705. The van der Waals surface area contributed by atoms with Gasteiger partial charge in [-0.05, 0) is 30.5 Å². The van der Waals surface area contributed by atoms with Gasteiger partial charge in [-0.25, -0.2) is 14.2 Å². The van der Waals surface area contributed by atoms with Gasteiger partial charge in [0.05, 0.1) is 24.2 Å². The highest BCUT2D eigenvalue weighted by molar-refractivity contribution is 5.74. The number of imidazole rings is 1. The quantitative estimate of drug-likeness (QED) is 0.875. The Kier molecular flexibility index (Phi) is 5.65. The first-order chi connectivity index (χ1) is 12.2. The van der Waals surface area contributed by atoms with Crippen LogP contribution in [0, 0.1) is 5.82 Å². The topological polar surface area (TPSA) is 68.2 Å². The number of hydrogen-bond acceptors (Lipinski definition) is 3. The first-order valence-electron chi connectivity index (χ1n) is 8.51. The zero-order valence-corrected chi connectivity index (χ0v) is 14.2. The zero-order chi connectivity index (χ0) is 17.6. The third-order valence-electron chi connectivity index (χ3n) is 4.57. The minimum Gasteiger partial charge on any atom is -0.379 e. The minimum atomic E-state index is -0.357. The molecule has 1 aliphatic carbocycles. The van der Waals surface area contributed by atoms with Gasteiger partial charge in [-0.1, -0.05) is 18.9 Å². The fourth-order valence-electron chi connectivity index (χ4n) is 3.22. The summed E-state index contributed by atoms with van der Waals surface area (Å²) in [6.45, 7) is 0.261. The van der Waals surface area contributed by atoms with Crippen molar-refractivity contribution in [3.63, 3.8) is 0 Å². The van der Waals surface area contributed by atoms with Crippen molar-refractivity contribution >= 4 is 6.03 Å². The molecule has 1 fully saturated rings. The fourth-order valence-corrected chi connectivity index (χ4v) is 3.22. The zero-order valence-electron chi connectivity index (χ0n) is 14.2. The van der Waals surface area contributed by atoms with Gasteiger partial charge in [0.25, 0.3) is 0 Å². The van der Waals surface area contributed by atoms with Crippen LogP contribution >= 0.6 is 0 Å². The molecule has 6 nitrogen and oxygen atoms in total. The average Bonchev–Trinajstić information content (AvgIpc) is 3.15. The molecule has 1 saturated carbocycles. The van der Waals surface area contributed by atoms with E-state index in [1.807, 2.05) is 0 Å². The van der Waals surface area contributed by atoms with E-state index in [9.17, 15) is 9.18 Å².